The molecule has 0 aliphatic carbocycles. The summed E-state index contributed by atoms with van der Waals surface area (Å²) in [5, 5.41) is 3.22. The quantitative estimate of drug-likeness (QED) is 0.366. The van der Waals surface area contributed by atoms with Gasteiger partial charge in [0.1, 0.15) is 0 Å². The van der Waals surface area contributed by atoms with E-state index < -0.39 is 0 Å². The van der Waals surface area contributed by atoms with E-state index in [4.69, 9.17) is 0 Å². The van der Waals surface area contributed by atoms with Crippen LogP contribution in [0.15, 0.2) is 0 Å². The topological polar surface area (TPSA) is 12.0 Å². The Bertz CT molecular complexity index is 34.9. The maximum Gasteiger partial charge on any atom is 1.00 e. The molecular weight excluding hydrogens is 133 g/mol. The van der Waals surface area contributed by atoms with Crippen LogP contribution >= 0.6 is 0 Å². The van der Waals surface area contributed by atoms with E-state index in [1.165, 1.54) is 25.9 Å². The number of hydrogen-bond acceptors (Lipinski definition) is 1. The monoisotopic (exact) mass is 150 g/mol. The fourth-order valence-electron chi connectivity index (χ4n) is 0.625. The Morgan fingerprint density at radius 2 is 1.40 bits per heavy atom. The summed E-state index contributed by atoms with van der Waals surface area (Å²) < 4.78 is 0. The molecule has 0 aromatic carbocycles. The molecule has 0 bridgehead atoms. The van der Waals surface area contributed by atoms with Crippen LogP contribution in [0.1, 0.15) is 25.7 Å². The molecule has 0 amide bonds. The van der Waals surface area contributed by atoms with Crippen molar-refractivity contribution >= 4 is 0 Å². The van der Waals surface area contributed by atoms with Gasteiger partial charge in [-0.1, -0.05) is 0 Å². The predicted octanol–water partition coefficient (Wildman–Crippen LogP) is -1.19. The maximum atomic E-state index is 3.54. The van der Waals surface area contributed by atoms with Gasteiger partial charge in [-0.15, -0.1) is 0 Å². The van der Waals surface area contributed by atoms with E-state index in [1.807, 2.05) is 0 Å². The molecule has 0 unspecified atom stereocenters. The Labute approximate surface area is 87.3 Å². The summed E-state index contributed by atoms with van der Waals surface area (Å²) in [7, 11) is 0. The van der Waals surface area contributed by atoms with E-state index in [0.717, 1.165) is 12.8 Å². The molecule has 0 saturated carbocycles. The zero-order valence-corrected chi connectivity index (χ0v) is 9.16. The molecule has 56 valence electrons. The minimum Gasteiger partial charge on any atom is -0.346 e. The molecule has 1 fully saturated rings. The molecule has 0 atom stereocenters. The summed E-state index contributed by atoms with van der Waals surface area (Å²) in [6, 6.07) is 0. The van der Waals surface area contributed by atoms with Gasteiger partial charge >= 0.3 is 29.6 Å². The molecule has 0 aromatic rings. The molecule has 0 spiro atoms. The fraction of sp³-hybridized carbons (Fsp3) is 0.750. The second-order valence-corrected chi connectivity index (χ2v) is 2.16. The molecular formula is C8H17NNa-. The molecule has 10 heavy (non-hydrogen) atoms. The number of unbranched alkanes of at least 4 members (excludes halogenated alkanes) is 1. The molecule has 1 saturated heterocycles. The first-order valence-corrected chi connectivity index (χ1v) is 3.71. The van der Waals surface area contributed by atoms with E-state index >= 15 is 0 Å². The third kappa shape index (κ3) is 11.7. The summed E-state index contributed by atoms with van der Waals surface area (Å²) >= 11 is 0. The summed E-state index contributed by atoms with van der Waals surface area (Å²) in [4.78, 5) is 0. The first kappa shape index (κ1) is 13.5. The van der Waals surface area contributed by atoms with E-state index in [-0.39, 0.29) is 29.6 Å². The molecule has 0 radical (unpaired) electrons. The Morgan fingerprint density at radius 1 is 1.00 bits per heavy atom. The van der Waals surface area contributed by atoms with Crippen LogP contribution in [0.4, 0.5) is 0 Å². The van der Waals surface area contributed by atoms with Crippen LogP contribution < -0.4 is 34.9 Å². The largest absolute Gasteiger partial charge is 1.00 e. The smallest absolute Gasteiger partial charge is 0.346 e. The van der Waals surface area contributed by atoms with Crippen LogP contribution in [-0.4, -0.2) is 13.1 Å². The summed E-state index contributed by atoms with van der Waals surface area (Å²) in [6.45, 7) is 9.58. The average Bonchev–Trinajstić information content (AvgIpc) is 2.43. The van der Waals surface area contributed by atoms with Gasteiger partial charge < -0.3 is 19.2 Å². The van der Waals surface area contributed by atoms with Gasteiger partial charge in [-0.2, -0.15) is 0 Å². The summed E-state index contributed by atoms with van der Waals surface area (Å²) in [6.07, 6.45) is 4.69. The van der Waals surface area contributed by atoms with E-state index in [1.54, 1.807) is 0 Å². The first-order chi connectivity index (χ1) is 4.41. The van der Waals surface area contributed by atoms with Gasteiger partial charge in [0.15, 0.2) is 0 Å². The van der Waals surface area contributed by atoms with Gasteiger partial charge in [0, 0.05) is 0 Å². The van der Waals surface area contributed by atoms with Crippen molar-refractivity contribution in [2.24, 2.45) is 0 Å². The molecule has 1 rings (SSSR count). The average molecular weight is 150 g/mol. The maximum absolute atomic E-state index is 3.54. The SMILES string of the molecule is C1CCNC1.[CH2-]CC[CH2-].[Na+]. The van der Waals surface area contributed by atoms with Crippen molar-refractivity contribution in [3.8, 4) is 0 Å². The third-order valence-corrected chi connectivity index (χ3v) is 1.21. The fourth-order valence-corrected chi connectivity index (χ4v) is 0.625. The van der Waals surface area contributed by atoms with Gasteiger partial charge in [-0.3, -0.25) is 0 Å². The van der Waals surface area contributed by atoms with E-state index in [9.17, 15) is 0 Å². The van der Waals surface area contributed by atoms with Gasteiger partial charge in [0.2, 0.25) is 0 Å². The van der Waals surface area contributed by atoms with E-state index in [2.05, 4.69) is 19.2 Å². The standard InChI is InChI=1S/C4H9N.C4H8.Na/c1-2-4-5-3-1;1-3-4-2;/h5H,1-4H2;1-4H2;/q;-2;+1. The number of rotatable bonds is 1. The summed E-state index contributed by atoms with van der Waals surface area (Å²) in [5.74, 6) is 0. The summed E-state index contributed by atoms with van der Waals surface area (Å²) in [5.41, 5.74) is 0. The minimum atomic E-state index is 0. The third-order valence-electron chi connectivity index (χ3n) is 1.21. The second kappa shape index (κ2) is 12.6. The van der Waals surface area contributed by atoms with Crippen LogP contribution in [0.3, 0.4) is 0 Å². The molecule has 1 nitrogen and oxygen atoms in total. The minimum absolute atomic E-state index is 0. The van der Waals surface area contributed by atoms with Crippen molar-refractivity contribution in [3.63, 3.8) is 0 Å². The molecule has 1 N–H and O–H groups in total. The Hall–Kier alpha value is 0.960. The van der Waals surface area contributed by atoms with Crippen LogP contribution in [0, 0.1) is 13.8 Å². The van der Waals surface area contributed by atoms with Crippen molar-refractivity contribution in [1.82, 2.24) is 5.32 Å². The van der Waals surface area contributed by atoms with Crippen molar-refractivity contribution < 1.29 is 29.6 Å². The van der Waals surface area contributed by atoms with Gasteiger partial charge in [0.05, 0.1) is 0 Å². The Morgan fingerprint density at radius 3 is 1.50 bits per heavy atom. The molecule has 1 aliphatic rings. The van der Waals surface area contributed by atoms with Gasteiger partial charge in [-0.05, 0) is 25.9 Å². The van der Waals surface area contributed by atoms with Crippen LogP contribution in [-0.2, 0) is 0 Å². The van der Waals surface area contributed by atoms with Gasteiger partial charge in [-0.25, -0.2) is 12.8 Å². The van der Waals surface area contributed by atoms with Crippen LogP contribution in [0.25, 0.3) is 0 Å². The Balaban J connectivity index is 0. The second-order valence-electron chi connectivity index (χ2n) is 2.16. The zero-order chi connectivity index (χ0) is 6.95. The molecule has 1 heterocycles. The first-order valence-electron chi connectivity index (χ1n) is 3.71. The van der Waals surface area contributed by atoms with E-state index in [0.29, 0.717) is 0 Å². The predicted molar refractivity (Wildman–Crippen MR) is 42.1 cm³/mol. The number of nitrogens with one attached hydrogen (secondary N) is 1. The van der Waals surface area contributed by atoms with Gasteiger partial charge in [0.25, 0.3) is 0 Å². The zero-order valence-electron chi connectivity index (χ0n) is 7.16. The molecule has 2 heteroatoms. The molecule has 0 aromatic heterocycles. The Kier molecular flexibility index (Phi) is 17.1. The number of hydrogen-bond donors (Lipinski definition) is 1. The van der Waals surface area contributed by atoms with Crippen LogP contribution in [0.2, 0.25) is 0 Å². The van der Waals surface area contributed by atoms with Crippen LogP contribution in [0.5, 0.6) is 0 Å². The van der Waals surface area contributed by atoms with Crippen molar-refractivity contribution in [2.45, 2.75) is 25.7 Å². The van der Waals surface area contributed by atoms with Crippen molar-refractivity contribution in [1.29, 1.82) is 0 Å². The van der Waals surface area contributed by atoms with Crippen molar-refractivity contribution in [3.05, 3.63) is 13.8 Å². The normalized spacial score (nSPS) is 15.0. The molecule has 1 aliphatic heterocycles. The van der Waals surface area contributed by atoms with Crippen molar-refractivity contribution in [2.75, 3.05) is 13.1 Å².